The zero-order chi connectivity index (χ0) is 21.1. The van der Waals surface area contributed by atoms with Gasteiger partial charge < -0.3 is 9.64 Å². The number of rotatable bonds is 5. The summed E-state index contributed by atoms with van der Waals surface area (Å²) in [6.45, 7) is 3.42. The number of amides is 1. The molecule has 3 heterocycles. The van der Waals surface area contributed by atoms with Gasteiger partial charge in [-0.25, -0.2) is 18.5 Å². The summed E-state index contributed by atoms with van der Waals surface area (Å²) in [5.41, 5.74) is 0.487. The minimum atomic E-state index is -3.75. The number of likely N-dealkylation sites (tertiary alicyclic amines) is 2. The molecule has 2 fully saturated rings. The Hall–Kier alpha value is -2.01. The van der Waals surface area contributed by atoms with E-state index in [1.54, 1.807) is 6.20 Å². The molecule has 2 aliphatic rings. The van der Waals surface area contributed by atoms with Gasteiger partial charge in [-0.05, 0) is 49.9 Å². The molecular weight excluding hydrogens is 424 g/mol. The number of hydrogen-bond acceptors (Lipinski definition) is 7. The zero-order valence-electron chi connectivity index (χ0n) is 16.6. The lowest BCUT2D eigenvalue weighted by Gasteiger charge is -2.41. The summed E-state index contributed by atoms with van der Waals surface area (Å²) in [6, 6.07) is 6.31. The summed E-state index contributed by atoms with van der Waals surface area (Å²) in [7, 11) is -3.75. The number of ether oxygens (including phenoxy) is 1. The molecule has 1 amide bonds. The van der Waals surface area contributed by atoms with Crippen LogP contribution in [0.2, 0.25) is 0 Å². The number of nitrogens with zero attached hydrogens (tertiary/aromatic N) is 3. The van der Waals surface area contributed by atoms with Gasteiger partial charge in [0.2, 0.25) is 10.0 Å². The van der Waals surface area contributed by atoms with E-state index in [9.17, 15) is 13.2 Å². The normalized spacial score (nSPS) is 19.7. The standard InChI is InChI=1S/C20H26N4O4S2/c21-30(26,27)18-3-1-15(2-4-18)19(25)24-10-5-16(6-11-24)23-12-7-17(8-13-23)28-20-22-9-14-29-20/h1-4,9,14,16-17H,5-8,10-13H2,(H2,21,26,27). The number of carbonyl (C=O) groups excluding carboxylic acids is 1. The number of carbonyl (C=O) groups is 1. The van der Waals surface area contributed by atoms with Crippen LogP contribution in [0.25, 0.3) is 0 Å². The number of benzene rings is 1. The summed E-state index contributed by atoms with van der Waals surface area (Å²) in [6.07, 6.45) is 5.87. The number of sulfonamides is 1. The fraction of sp³-hybridized carbons (Fsp3) is 0.500. The molecule has 2 aliphatic heterocycles. The van der Waals surface area contributed by atoms with E-state index in [-0.39, 0.29) is 16.9 Å². The highest BCUT2D eigenvalue weighted by Crippen LogP contribution is 2.25. The van der Waals surface area contributed by atoms with Crippen molar-refractivity contribution in [3.05, 3.63) is 41.4 Å². The lowest BCUT2D eigenvalue weighted by atomic mass is 9.98. The van der Waals surface area contributed by atoms with E-state index in [1.807, 2.05) is 10.3 Å². The first-order chi connectivity index (χ1) is 14.4. The summed E-state index contributed by atoms with van der Waals surface area (Å²) in [4.78, 5) is 21.3. The van der Waals surface area contributed by atoms with Crippen LogP contribution < -0.4 is 9.88 Å². The van der Waals surface area contributed by atoms with Crippen molar-refractivity contribution >= 4 is 27.3 Å². The Bertz CT molecular complexity index is 947. The Labute approximate surface area is 180 Å². The largest absolute Gasteiger partial charge is 0.467 e. The Balaban J connectivity index is 1.25. The van der Waals surface area contributed by atoms with Gasteiger partial charge in [0, 0.05) is 49.4 Å². The van der Waals surface area contributed by atoms with Crippen molar-refractivity contribution < 1.29 is 17.9 Å². The average Bonchev–Trinajstić information content (AvgIpc) is 3.26. The molecule has 162 valence electrons. The SMILES string of the molecule is NS(=O)(=O)c1ccc(C(=O)N2CCC(N3CCC(Oc4nccs4)CC3)CC2)cc1. The number of nitrogens with two attached hydrogens (primary N) is 1. The van der Waals surface area contributed by atoms with Crippen molar-refractivity contribution in [1.82, 2.24) is 14.8 Å². The molecule has 10 heteroatoms. The molecule has 0 unspecified atom stereocenters. The predicted molar refractivity (Wildman–Crippen MR) is 114 cm³/mol. The maximum atomic E-state index is 12.7. The van der Waals surface area contributed by atoms with Gasteiger partial charge in [-0.3, -0.25) is 9.69 Å². The first-order valence-electron chi connectivity index (χ1n) is 10.1. The average molecular weight is 451 g/mol. The molecule has 0 aliphatic carbocycles. The highest BCUT2D eigenvalue weighted by atomic mass is 32.2. The third kappa shape index (κ3) is 5.00. The summed E-state index contributed by atoms with van der Waals surface area (Å²) >= 11 is 1.53. The molecule has 2 N–H and O–H groups in total. The van der Waals surface area contributed by atoms with Gasteiger partial charge in [0.05, 0.1) is 4.90 Å². The maximum absolute atomic E-state index is 12.7. The molecule has 0 bridgehead atoms. The fourth-order valence-electron chi connectivity index (χ4n) is 4.17. The maximum Gasteiger partial charge on any atom is 0.273 e. The van der Waals surface area contributed by atoms with Gasteiger partial charge in [-0.15, -0.1) is 0 Å². The molecule has 2 aromatic rings. The van der Waals surface area contributed by atoms with Crippen molar-refractivity contribution in [3.63, 3.8) is 0 Å². The first kappa shape index (κ1) is 21.2. The van der Waals surface area contributed by atoms with E-state index >= 15 is 0 Å². The monoisotopic (exact) mass is 450 g/mol. The third-order valence-electron chi connectivity index (χ3n) is 5.85. The minimum Gasteiger partial charge on any atom is -0.467 e. The Morgan fingerprint density at radius 2 is 1.73 bits per heavy atom. The smallest absolute Gasteiger partial charge is 0.273 e. The summed E-state index contributed by atoms with van der Waals surface area (Å²) in [5, 5.41) is 7.79. The molecule has 4 rings (SSSR count). The first-order valence-corrected chi connectivity index (χ1v) is 12.5. The lowest BCUT2D eigenvalue weighted by Crippen LogP contribution is -2.50. The molecule has 30 heavy (non-hydrogen) atoms. The Morgan fingerprint density at radius 1 is 1.07 bits per heavy atom. The van der Waals surface area contributed by atoms with Crippen LogP contribution in [0.1, 0.15) is 36.0 Å². The van der Waals surface area contributed by atoms with Crippen LogP contribution >= 0.6 is 11.3 Å². The minimum absolute atomic E-state index is 0.0139. The second-order valence-corrected chi connectivity index (χ2v) is 10.2. The third-order valence-corrected chi connectivity index (χ3v) is 7.44. The van der Waals surface area contributed by atoms with E-state index < -0.39 is 10.0 Å². The number of aromatic nitrogens is 1. The van der Waals surface area contributed by atoms with Gasteiger partial charge in [-0.1, -0.05) is 11.3 Å². The fourth-order valence-corrected chi connectivity index (χ4v) is 5.24. The molecule has 0 spiro atoms. The van der Waals surface area contributed by atoms with E-state index in [2.05, 4.69) is 9.88 Å². The van der Waals surface area contributed by atoms with E-state index in [0.29, 0.717) is 24.7 Å². The molecule has 8 nitrogen and oxygen atoms in total. The Kier molecular flexibility index (Phi) is 6.37. The van der Waals surface area contributed by atoms with Crippen molar-refractivity contribution in [1.29, 1.82) is 0 Å². The summed E-state index contributed by atoms with van der Waals surface area (Å²) < 4.78 is 28.7. The van der Waals surface area contributed by atoms with Crippen LogP contribution in [0.15, 0.2) is 40.7 Å². The van der Waals surface area contributed by atoms with Crippen molar-refractivity contribution in [3.8, 4) is 5.19 Å². The molecule has 0 atom stereocenters. The second-order valence-electron chi connectivity index (χ2n) is 7.74. The molecule has 0 saturated carbocycles. The number of hydrogen-bond donors (Lipinski definition) is 1. The molecule has 0 radical (unpaired) electrons. The molecule has 2 saturated heterocycles. The van der Waals surface area contributed by atoms with Crippen LogP contribution in [-0.4, -0.2) is 67.4 Å². The zero-order valence-corrected chi connectivity index (χ0v) is 18.3. The highest BCUT2D eigenvalue weighted by Gasteiger charge is 2.30. The van der Waals surface area contributed by atoms with Gasteiger partial charge in [0.1, 0.15) is 6.10 Å². The Morgan fingerprint density at radius 3 is 2.30 bits per heavy atom. The molecule has 1 aromatic heterocycles. The van der Waals surface area contributed by atoms with Crippen LogP contribution in [0.3, 0.4) is 0 Å². The quantitative estimate of drug-likeness (QED) is 0.746. The second kappa shape index (κ2) is 9.01. The van der Waals surface area contributed by atoms with Crippen LogP contribution in [0, 0.1) is 0 Å². The van der Waals surface area contributed by atoms with Gasteiger partial charge >= 0.3 is 0 Å². The number of primary sulfonamides is 1. The lowest BCUT2D eigenvalue weighted by molar-refractivity contribution is 0.0425. The van der Waals surface area contributed by atoms with E-state index in [0.717, 1.165) is 44.0 Å². The van der Waals surface area contributed by atoms with Gasteiger partial charge in [0.25, 0.3) is 11.1 Å². The van der Waals surface area contributed by atoms with E-state index in [4.69, 9.17) is 9.88 Å². The number of piperidine rings is 2. The topological polar surface area (TPSA) is 106 Å². The van der Waals surface area contributed by atoms with Gasteiger partial charge in [0.15, 0.2) is 0 Å². The predicted octanol–water partition coefficient (Wildman–Crippen LogP) is 1.94. The van der Waals surface area contributed by atoms with Crippen LogP contribution in [-0.2, 0) is 10.0 Å². The number of thiazole rings is 1. The molecular formula is C20H26N4O4S2. The van der Waals surface area contributed by atoms with Crippen LogP contribution in [0.4, 0.5) is 0 Å². The van der Waals surface area contributed by atoms with Crippen molar-refractivity contribution in [2.45, 2.75) is 42.7 Å². The van der Waals surface area contributed by atoms with E-state index in [1.165, 1.54) is 35.6 Å². The van der Waals surface area contributed by atoms with Gasteiger partial charge in [-0.2, -0.15) is 0 Å². The molecule has 1 aromatic carbocycles. The van der Waals surface area contributed by atoms with Crippen LogP contribution in [0.5, 0.6) is 5.19 Å². The van der Waals surface area contributed by atoms with Crippen molar-refractivity contribution in [2.75, 3.05) is 26.2 Å². The van der Waals surface area contributed by atoms with Crippen molar-refractivity contribution in [2.24, 2.45) is 5.14 Å². The summed E-state index contributed by atoms with van der Waals surface area (Å²) in [5.74, 6) is -0.0648. The highest BCUT2D eigenvalue weighted by molar-refractivity contribution is 7.89.